The first-order valence-corrected chi connectivity index (χ1v) is 19.3. The maximum Gasteiger partial charge on any atom is -0.0348 e. The van der Waals surface area contributed by atoms with Crippen LogP contribution in [0.4, 0.5) is 0 Å². The van der Waals surface area contributed by atoms with Gasteiger partial charge < -0.3 is 0 Å². The fraction of sp³-hybridized carbons (Fsp3) is 0.810. The van der Waals surface area contributed by atoms with E-state index in [1.165, 1.54) is 180 Å². The lowest BCUT2D eigenvalue weighted by atomic mass is 9.87. The Morgan fingerprint density at radius 1 is 0.310 bits per heavy atom. The normalized spacial score (nSPS) is 12.6. The molecule has 0 saturated carbocycles. The minimum atomic E-state index is 0.799. The topological polar surface area (TPSA) is 0 Å². The summed E-state index contributed by atoms with van der Waals surface area (Å²) in [7, 11) is 0. The summed E-state index contributed by atoms with van der Waals surface area (Å²) < 4.78 is 0. The molecule has 0 amide bonds. The highest BCUT2D eigenvalue weighted by atomic mass is 14.2. The quantitative estimate of drug-likeness (QED) is 0.0533. The van der Waals surface area contributed by atoms with Gasteiger partial charge in [0.25, 0.3) is 0 Å². The first kappa shape index (κ1) is 41.0. The average molecular weight is 583 g/mol. The van der Waals surface area contributed by atoms with E-state index in [1.54, 1.807) is 0 Å². The van der Waals surface area contributed by atoms with E-state index >= 15 is 0 Å². The molecule has 0 fully saturated rings. The van der Waals surface area contributed by atoms with Crippen LogP contribution in [0.15, 0.2) is 48.6 Å². The first-order chi connectivity index (χ1) is 20.7. The Labute approximate surface area is 267 Å². The fourth-order valence-corrected chi connectivity index (χ4v) is 5.86. The van der Waals surface area contributed by atoms with Crippen molar-refractivity contribution in [1.82, 2.24) is 0 Å². The Balaban J connectivity index is 3.60. The van der Waals surface area contributed by atoms with Gasteiger partial charge >= 0.3 is 0 Å². The van der Waals surface area contributed by atoms with E-state index in [0.717, 1.165) is 11.8 Å². The molecule has 0 aromatic heterocycles. The van der Waals surface area contributed by atoms with Crippen LogP contribution in [0.3, 0.4) is 0 Å². The Morgan fingerprint density at radius 3 is 0.833 bits per heavy atom. The number of allylic oxidation sites excluding steroid dienone is 8. The highest BCUT2D eigenvalue weighted by Crippen LogP contribution is 2.23. The summed E-state index contributed by atoms with van der Waals surface area (Å²) in [4.78, 5) is 0. The Morgan fingerprint density at radius 2 is 0.548 bits per heavy atom. The van der Waals surface area contributed by atoms with Gasteiger partial charge in [0.15, 0.2) is 0 Å². The molecule has 0 aliphatic carbocycles. The molecule has 0 aromatic carbocycles. The zero-order chi connectivity index (χ0) is 30.6. The monoisotopic (exact) mass is 583 g/mol. The van der Waals surface area contributed by atoms with Crippen molar-refractivity contribution in [3.05, 3.63) is 48.6 Å². The molecule has 0 saturated heterocycles. The first-order valence-electron chi connectivity index (χ1n) is 19.3. The average Bonchev–Trinajstić information content (AvgIpc) is 2.99. The highest BCUT2D eigenvalue weighted by Gasteiger charge is 2.11. The van der Waals surface area contributed by atoms with Gasteiger partial charge in [0.2, 0.25) is 0 Å². The van der Waals surface area contributed by atoms with Gasteiger partial charge in [-0.2, -0.15) is 0 Å². The third-order valence-corrected chi connectivity index (χ3v) is 8.95. The van der Waals surface area contributed by atoms with E-state index in [9.17, 15) is 0 Å². The molecule has 0 rings (SSSR count). The standard InChI is InChI=1S/C42H78/c1-5-7-9-11-13-15-17-19-21-23-25-27-29-31-33-35-37-39-42(41(3)4)40-38-36-34-32-30-28-26-24-22-20-18-16-14-12-10-8-6-2/h21-24,33-36,41-42H,5-20,25-32,37-40H2,1-4H3/b23-21+,24-22+,35-33+,36-34+. The third kappa shape index (κ3) is 33.5. The van der Waals surface area contributed by atoms with Crippen molar-refractivity contribution < 1.29 is 0 Å². The molecule has 0 atom stereocenters. The molecular formula is C42H78. The van der Waals surface area contributed by atoms with Crippen molar-refractivity contribution in [2.24, 2.45) is 11.8 Å². The van der Waals surface area contributed by atoms with E-state index < -0.39 is 0 Å². The van der Waals surface area contributed by atoms with Gasteiger partial charge in [-0.05, 0) is 115 Å². The van der Waals surface area contributed by atoms with Crippen molar-refractivity contribution in [3.8, 4) is 0 Å². The molecule has 246 valence electrons. The lowest BCUT2D eigenvalue weighted by Gasteiger charge is -2.19. The molecule has 0 unspecified atom stereocenters. The SMILES string of the molecule is CCCCCCCCC/C=C/CCCC/C=C/CCC(CC/C=C/CCCC/C=C/CCCCCCCCC)C(C)C. The molecule has 0 aromatic rings. The summed E-state index contributed by atoms with van der Waals surface area (Å²) in [5.41, 5.74) is 0. The maximum atomic E-state index is 2.46. The Hall–Kier alpha value is -1.04. The Kier molecular flexibility index (Phi) is 35.3. The molecule has 0 nitrogen and oxygen atoms in total. The van der Waals surface area contributed by atoms with Crippen LogP contribution < -0.4 is 0 Å². The number of rotatable bonds is 33. The van der Waals surface area contributed by atoms with Crippen LogP contribution in [0, 0.1) is 11.8 Å². The lowest BCUT2D eigenvalue weighted by Crippen LogP contribution is -2.08. The predicted molar refractivity (Wildman–Crippen MR) is 196 cm³/mol. The molecule has 0 heterocycles. The van der Waals surface area contributed by atoms with Crippen molar-refractivity contribution in [2.45, 2.75) is 207 Å². The number of unbranched alkanes of at least 4 members (excludes halogenated alkanes) is 20. The summed E-state index contributed by atoms with van der Waals surface area (Å²) >= 11 is 0. The second kappa shape index (κ2) is 36.2. The number of hydrogen-bond donors (Lipinski definition) is 0. The van der Waals surface area contributed by atoms with Crippen LogP contribution in [0.2, 0.25) is 0 Å². The molecule has 0 bridgehead atoms. The van der Waals surface area contributed by atoms with Crippen LogP contribution in [-0.4, -0.2) is 0 Å². The molecule has 0 aliphatic rings. The molecule has 42 heavy (non-hydrogen) atoms. The summed E-state index contributed by atoms with van der Waals surface area (Å²) in [6.07, 6.45) is 57.6. The van der Waals surface area contributed by atoms with Crippen molar-refractivity contribution >= 4 is 0 Å². The van der Waals surface area contributed by atoms with Gasteiger partial charge in [-0.3, -0.25) is 0 Å². The van der Waals surface area contributed by atoms with Crippen LogP contribution in [0.1, 0.15) is 207 Å². The third-order valence-electron chi connectivity index (χ3n) is 8.95. The van der Waals surface area contributed by atoms with Crippen molar-refractivity contribution in [2.75, 3.05) is 0 Å². The van der Waals surface area contributed by atoms with Gasteiger partial charge in [-0.1, -0.05) is 153 Å². The van der Waals surface area contributed by atoms with Crippen molar-refractivity contribution in [1.29, 1.82) is 0 Å². The molecule has 0 aliphatic heterocycles. The lowest BCUT2D eigenvalue weighted by molar-refractivity contribution is 0.341. The van der Waals surface area contributed by atoms with Crippen LogP contribution >= 0.6 is 0 Å². The number of hydrogen-bond acceptors (Lipinski definition) is 0. The van der Waals surface area contributed by atoms with Gasteiger partial charge in [-0.15, -0.1) is 0 Å². The fourth-order valence-electron chi connectivity index (χ4n) is 5.86. The van der Waals surface area contributed by atoms with Gasteiger partial charge in [0.1, 0.15) is 0 Å². The summed E-state index contributed by atoms with van der Waals surface area (Å²) in [5.74, 6) is 1.66. The van der Waals surface area contributed by atoms with Crippen molar-refractivity contribution in [3.63, 3.8) is 0 Å². The van der Waals surface area contributed by atoms with E-state index in [1.807, 2.05) is 0 Å². The van der Waals surface area contributed by atoms with E-state index in [-0.39, 0.29) is 0 Å². The van der Waals surface area contributed by atoms with Gasteiger partial charge in [0, 0.05) is 0 Å². The van der Waals surface area contributed by atoms with Crippen LogP contribution in [-0.2, 0) is 0 Å². The summed E-state index contributed by atoms with van der Waals surface area (Å²) in [6.45, 7) is 9.43. The van der Waals surface area contributed by atoms with E-state index in [0.29, 0.717) is 0 Å². The minimum absolute atomic E-state index is 0.799. The van der Waals surface area contributed by atoms with Crippen LogP contribution in [0.5, 0.6) is 0 Å². The summed E-state index contributed by atoms with van der Waals surface area (Å²) in [6, 6.07) is 0. The molecule has 0 spiro atoms. The second-order valence-electron chi connectivity index (χ2n) is 13.4. The van der Waals surface area contributed by atoms with E-state index in [2.05, 4.69) is 76.3 Å². The largest absolute Gasteiger partial charge is 0.0885 e. The smallest absolute Gasteiger partial charge is 0.0348 e. The summed E-state index contributed by atoms with van der Waals surface area (Å²) in [5, 5.41) is 0. The molecule has 0 radical (unpaired) electrons. The minimum Gasteiger partial charge on any atom is -0.0885 e. The highest BCUT2D eigenvalue weighted by molar-refractivity contribution is 4.87. The molecule has 0 N–H and O–H groups in total. The zero-order valence-electron chi connectivity index (χ0n) is 29.6. The van der Waals surface area contributed by atoms with Crippen LogP contribution in [0.25, 0.3) is 0 Å². The van der Waals surface area contributed by atoms with Gasteiger partial charge in [0.05, 0.1) is 0 Å². The second-order valence-corrected chi connectivity index (χ2v) is 13.4. The zero-order valence-corrected chi connectivity index (χ0v) is 29.6. The maximum absolute atomic E-state index is 2.46. The molecular weight excluding hydrogens is 504 g/mol. The van der Waals surface area contributed by atoms with Gasteiger partial charge in [-0.25, -0.2) is 0 Å². The molecule has 0 heteroatoms. The predicted octanol–water partition coefficient (Wildman–Crippen LogP) is 15.4. The Bertz CT molecular complexity index is 554. The van der Waals surface area contributed by atoms with E-state index in [4.69, 9.17) is 0 Å².